The molecule has 0 unspecified atom stereocenters. The molecule has 0 bridgehead atoms. The number of alkyl carbamates (subject to hydrolysis) is 1. The summed E-state index contributed by atoms with van der Waals surface area (Å²) in [5.74, 6) is -0.782. The summed E-state index contributed by atoms with van der Waals surface area (Å²) in [7, 11) is 0. The number of nitrogens with zero attached hydrogens (tertiary/aromatic N) is 4. The summed E-state index contributed by atoms with van der Waals surface area (Å²) < 4.78 is 6.72. The summed E-state index contributed by atoms with van der Waals surface area (Å²) in [4.78, 5) is 38.6. The van der Waals surface area contributed by atoms with E-state index >= 15 is 0 Å². The predicted octanol–water partition coefficient (Wildman–Crippen LogP) is 1.93. The highest BCUT2D eigenvalue weighted by atomic mass is 16.6. The summed E-state index contributed by atoms with van der Waals surface area (Å²) in [5, 5.41) is 11.1. The molecular weight excluding hydrogens is 388 g/mol. The first kappa shape index (κ1) is 23.6. The van der Waals surface area contributed by atoms with Gasteiger partial charge < -0.3 is 20.7 Å². The topological polar surface area (TPSA) is 132 Å². The van der Waals surface area contributed by atoms with Crippen molar-refractivity contribution in [2.45, 2.75) is 78.0 Å². The van der Waals surface area contributed by atoms with Crippen LogP contribution in [0.1, 0.15) is 78.1 Å². The molecule has 10 nitrogen and oxygen atoms in total. The Bertz CT molecular complexity index is 749. The fraction of sp³-hybridized carbons (Fsp3) is 0.750. The molecule has 1 aliphatic rings. The fourth-order valence-electron chi connectivity index (χ4n) is 3.41. The normalized spacial score (nSPS) is 16.8. The molecule has 10 heteroatoms. The van der Waals surface area contributed by atoms with Crippen LogP contribution in [0.15, 0.2) is 6.20 Å². The van der Waals surface area contributed by atoms with Gasteiger partial charge in [-0.1, -0.05) is 19.1 Å². The fourth-order valence-corrected chi connectivity index (χ4v) is 3.41. The molecule has 168 valence electrons. The zero-order valence-electron chi connectivity index (χ0n) is 18.6. The van der Waals surface area contributed by atoms with Gasteiger partial charge in [-0.2, -0.15) is 0 Å². The van der Waals surface area contributed by atoms with E-state index in [9.17, 15) is 14.4 Å². The minimum absolute atomic E-state index is 0.00458. The zero-order valence-corrected chi connectivity index (χ0v) is 18.6. The number of piperidine rings is 1. The van der Waals surface area contributed by atoms with E-state index in [1.807, 2.05) is 13.8 Å². The van der Waals surface area contributed by atoms with Crippen molar-refractivity contribution in [3.8, 4) is 0 Å². The number of carbonyl (C=O) groups excluding carboxylic acids is 3. The number of likely N-dealkylation sites (tertiary alicyclic amines) is 1. The Kier molecular flexibility index (Phi) is 7.80. The standard InChI is InChI=1S/C20H34N6O4/c1-13(2)17(22-19(29)30-20(3,4)5)14-12-26(24-23-14)15(11-16(21)27)18(28)25-9-7-6-8-10-25/h12-13,15,17H,6-11H2,1-5H3,(H2,21,27)(H,22,29)/t15-,17-/m0/s1. The molecule has 0 radical (unpaired) electrons. The number of amides is 3. The first-order valence-electron chi connectivity index (χ1n) is 10.5. The van der Waals surface area contributed by atoms with E-state index in [-0.39, 0.29) is 18.2 Å². The van der Waals surface area contributed by atoms with Crippen LogP contribution in [0.3, 0.4) is 0 Å². The number of hydrogen-bond donors (Lipinski definition) is 2. The molecule has 3 N–H and O–H groups in total. The molecule has 3 amide bonds. The monoisotopic (exact) mass is 422 g/mol. The summed E-state index contributed by atoms with van der Waals surface area (Å²) in [6, 6.07) is -1.32. The average Bonchev–Trinajstić information content (AvgIpc) is 3.12. The van der Waals surface area contributed by atoms with Gasteiger partial charge in [0.1, 0.15) is 17.3 Å². The van der Waals surface area contributed by atoms with Crippen molar-refractivity contribution in [1.82, 2.24) is 25.2 Å². The Balaban J connectivity index is 2.22. The van der Waals surface area contributed by atoms with Crippen molar-refractivity contribution < 1.29 is 19.1 Å². The molecule has 1 saturated heterocycles. The smallest absolute Gasteiger partial charge is 0.408 e. The van der Waals surface area contributed by atoms with Gasteiger partial charge in [0.2, 0.25) is 11.8 Å². The third-order valence-electron chi connectivity index (χ3n) is 4.85. The van der Waals surface area contributed by atoms with Crippen LogP contribution in [0.5, 0.6) is 0 Å². The lowest BCUT2D eigenvalue weighted by Crippen LogP contribution is -2.42. The van der Waals surface area contributed by atoms with Crippen molar-refractivity contribution in [3.63, 3.8) is 0 Å². The van der Waals surface area contributed by atoms with Crippen LogP contribution >= 0.6 is 0 Å². The van der Waals surface area contributed by atoms with Gasteiger partial charge >= 0.3 is 6.09 Å². The van der Waals surface area contributed by atoms with Crippen LogP contribution in [-0.4, -0.2) is 56.5 Å². The van der Waals surface area contributed by atoms with Crippen molar-refractivity contribution in [1.29, 1.82) is 0 Å². The molecule has 2 atom stereocenters. The van der Waals surface area contributed by atoms with Crippen LogP contribution in [0.25, 0.3) is 0 Å². The molecule has 0 aromatic carbocycles. The first-order valence-corrected chi connectivity index (χ1v) is 10.5. The number of hydrogen-bond acceptors (Lipinski definition) is 6. The Morgan fingerprint density at radius 3 is 2.37 bits per heavy atom. The van der Waals surface area contributed by atoms with Crippen molar-refractivity contribution in [2.24, 2.45) is 11.7 Å². The van der Waals surface area contributed by atoms with Crippen LogP contribution < -0.4 is 11.1 Å². The van der Waals surface area contributed by atoms with Gasteiger partial charge in [-0.15, -0.1) is 5.10 Å². The maximum atomic E-state index is 13.0. The molecule has 1 fully saturated rings. The number of ether oxygens (including phenoxy) is 1. The maximum Gasteiger partial charge on any atom is 0.408 e. The largest absolute Gasteiger partial charge is 0.444 e. The quantitative estimate of drug-likeness (QED) is 0.690. The van der Waals surface area contributed by atoms with E-state index < -0.39 is 29.7 Å². The highest BCUT2D eigenvalue weighted by Crippen LogP contribution is 2.23. The van der Waals surface area contributed by atoms with Gasteiger partial charge in [0.15, 0.2) is 0 Å². The molecule has 1 aliphatic heterocycles. The van der Waals surface area contributed by atoms with Crippen LogP contribution in [0, 0.1) is 5.92 Å². The summed E-state index contributed by atoms with van der Waals surface area (Å²) in [5.41, 5.74) is 5.25. The molecule has 0 spiro atoms. The number of nitrogens with two attached hydrogens (primary N) is 1. The predicted molar refractivity (Wildman–Crippen MR) is 110 cm³/mol. The van der Waals surface area contributed by atoms with Crippen molar-refractivity contribution >= 4 is 17.9 Å². The van der Waals surface area contributed by atoms with Crippen LogP contribution in [-0.2, 0) is 14.3 Å². The van der Waals surface area contributed by atoms with Gasteiger partial charge in [-0.05, 0) is 46.0 Å². The van der Waals surface area contributed by atoms with E-state index in [0.29, 0.717) is 18.8 Å². The van der Waals surface area contributed by atoms with Crippen molar-refractivity contribution in [2.75, 3.05) is 13.1 Å². The second-order valence-electron chi connectivity index (χ2n) is 9.06. The van der Waals surface area contributed by atoms with Crippen molar-refractivity contribution in [3.05, 3.63) is 11.9 Å². The Hall–Kier alpha value is -2.65. The molecular formula is C20H34N6O4. The van der Waals surface area contributed by atoms with Gasteiger partial charge in [-0.3, -0.25) is 9.59 Å². The minimum Gasteiger partial charge on any atom is -0.444 e. The Morgan fingerprint density at radius 2 is 1.83 bits per heavy atom. The zero-order chi connectivity index (χ0) is 22.5. The summed E-state index contributed by atoms with van der Waals surface area (Å²) in [6.45, 7) is 10.5. The lowest BCUT2D eigenvalue weighted by atomic mass is 10.0. The number of nitrogens with one attached hydrogen (secondary N) is 1. The molecule has 0 saturated carbocycles. The van der Waals surface area contributed by atoms with Gasteiger partial charge in [0, 0.05) is 13.1 Å². The average molecular weight is 423 g/mol. The molecule has 1 aromatic rings. The maximum absolute atomic E-state index is 13.0. The molecule has 1 aromatic heterocycles. The first-order chi connectivity index (χ1) is 14.0. The van der Waals surface area contributed by atoms with Crippen LogP contribution in [0.4, 0.5) is 4.79 Å². The van der Waals surface area contributed by atoms with E-state index in [1.54, 1.807) is 31.9 Å². The molecule has 2 rings (SSSR count). The van der Waals surface area contributed by atoms with Gasteiger partial charge in [0.05, 0.1) is 18.7 Å². The molecule has 0 aliphatic carbocycles. The third-order valence-corrected chi connectivity index (χ3v) is 4.85. The Morgan fingerprint density at radius 1 is 1.20 bits per heavy atom. The summed E-state index contributed by atoms with van der Waals surface area (Å²) >= 11 is 0. The summed E-state index contributed by atoms with van der Waals surface area (Å²) in [6.07, 6.45) is 3.83. The molecule has 30 heavy (non-hydrogen) atoms. The number of aromatic nitrogens is 3. The second kappa shape index (κ2) is 9.90. The molecule has 2 heterocycles. The Labute approximate surface area is 177 Å². The van der Waals surface area contributed by atoms with Crippen LogP contribution in [0.2, 0.25) is 0 Å². The van der Waals surface area contributed by atoms with E-state index in [1.165, 1.54) is 4.68 Å². The lowest BCUT2D eigenvalue weighted by molar-refractivity contribution is -0.138. The highest BCUT2D eigenvalue weighted by Gasteiger charge is 2.31. The van der Waals surface area contributed by atoms with E-state index in [2.05, 4.69) is 15.6 Å². The number of carbonyl (C=O) groups is 3. The van der Waals surface area contributed by atoms with Gasteiger partial charge in [0.25, 0.3) is 0 Å². The van der Waals surface area contributed by atoms with E-state index in [4.69, 9.17) is 10.5 Å². The highest BCUT2D eigenvalue weighted by molar-refractivity contribution is 5.86. The minimum atomic E-state index is -0.851. The second-order valence-corrected chi connectivity index (χ2v) is 9.06. The number of rotatable bonds is 7. The van der Waals surface area contributed by atoms with E-state index in [0.717, 1.165) is 19.3 Å². The SMILES string of the molecule is CC(C)[C@H](NC(=O)OC(C)(C)C)c1cn([C@@H](CC(N)=O)C(=O)N2CCCCC2)nn1. The van der Waals surface area contributed by atoms with Gasteiger partial charge in [-0.25, -0.2) is 9.48 Å². The third kappa shape index (κ3) is 6.70. The number of primary amides is 1. The lowest BCUT2D eigenvalue weighted by Gasteiger charge is -2.30.